The smallest absolute Gasteiger partial charge is 0.0718 e. The second-order valence-corrected chi connectivity index (χ2v) is 39.6. The molecule has 0 amide bonds. The summed E-state index contributed by atoms with van der Waals surface area (Å²) < 4.78 is 25.7. The second-order valence-electron chi connectivity index (χ2n) is 12.1. The fraction of sp³-hybridized carbons (Fsp3) is 0.211. The molecule has 8 aliphatic rings. The SMILES string of the molecule is CSC1=C(SC)SC(=c2ccc(=C3SC(SC)=C(SC)S3)c3c2SC2=C(SC(=C4SC5=C(S4)Sc4c(c(=C6SC(SC)=C(SC)S6)ccc4=C4SC(SC)=C(SC)S4)S5)S2)S3)S1. The van der Waals surface area contributed by atoms with Crippen molar-refractivity contribution in [1.82, 2.24) is 0 Å². The van der Waals surface area contributed by atoms with E-state index in [-0.39, 0.29) is 0 Å². The van der Waals surface area contributed by atoms with Crippen LogP contribution >= 0.6 is 282 Å². The van der Waals surface area contributed by atoms with Crippen LogP contribution in [0.3, 0.4) is 0 Å². The molecule has 0 nitrogen and oxygen atoms in total. The molecule has 24 heteroatoms. The average molecular weight is 1250 g/mol. The lowest BCUT2D eigenvalue weighted by Gasteiger charge is -2.18. The summed E-state index contributed by atoms with van der Waals surface area (Å²) in [6.45, 7) is 0. The molecule has 62 heavy (non-hydrogen) atoms. The van der Waals surface area contributed by atoms with Crippen molar-refractivity contribution in [1.29, 1.82) is 0 Å². The van der Waals surface area contributed by atoms with Crippen LogP contribution in [0.25, 0.3) is 16.9 Å². The predicted octanol–water partition coefficient (Wildman–Crippen LogP) is 18.7. The van der Waals surface area contributed by atoms with Gasteiger partial charge in [-0.2, -0.15) is 0 Å². The van der Waals surface area contributed by atoms with Gasteiger partial charge in [0.1, 0.15) is 0 Å². The number of hydrogen-bond donors (Lipinski definition) is 0. The van der Waals surface area contributed by atoms with E-state index in [1.54, 1.807) is 0 Å². The van der Waals surface area contributed by atoms with Gasteiger partial charge >= 0.3 is 0 Å². The van der Waals surface area contributed by atoms with Crippen LogP contribution in [-0.4, -0.2) is 50.0 Å². The van der Waals surface area contributed by atoms with E-state index in [1.165, 1.54) is 117 Å². The summed E-state index contributed by atoms with van der Waals surface area (Å²) >= 11 is 46.9. The molecule has 0 spiro atoms. The van der Waals surface area contributed by atoms with Crippen LogP contribution in [0, 0.1) is 0 Å². The molecule has 0 fully saturated rings. The van der Waals surface area contributed by atoms with Crippen molar-refractivity contribution >= 4 is 299 Å². The molecule has 0 unspecified atom stereocenters. The molecule has 324 valence electrons. The molecular formula is C38H28S24. The van der Waals surface area contributed by atoms with Crippen LogP contribution in [0.4, 0.5) is 0 Å². The molecule has 8 aliphatic heterocycles. The lowest BCUT2D eigenvalue weighted by molar-refractivity contribution is 1.17. The van der Waals surface area contributed by atoms with Crippen molar-refractivity contribution in [3.05, 3.63) is 104 Å². The third kappa shape index (κ3) is 9.85. The highest BCUT2D eigenvalue weighted by Gasteiger charge is 2.38. The van der Waals surface area contributed by atoms with Gasteiger partial charge in [-0.25, -0.2) is 0 Å². The molecule has 0 aliphatic carbocycles. The zero-order chi connectivity index (χ0) is 42.8. The van der Waals surface area contributed by atoms with Gasteiger partial charge < -0.3 is 0 Å². The maximum atomic E-state index is 2.43. The molecule has 0 atom stereocenters. The average Bonchev–Trinajstić information content (AvgIpc) is 4.17. The van der Waals surface area contributed by atoms with Crippen LogP contribution in [0.15, 0.2) is 103 Å². The summed E-state index contributed by atoms with van der Waals surface area (Å²) in [5.41, 5.74) is 0. The van der Waals surface area contributed by atoms with Crippen molar-refractivity contribution in [3.63, 3.8) is 0 Å². The monoisotopic (exact) mass is 1250 g/mol. The molecule has 0 saturated heterocycles. The number of fused-ring (bicyclic) bond motifs is 2. The van der Waals surface area contributed by atoms with Crippen LogP contribution in [0.1, 0.15) is 0 Å². The van der Waals surface area contributed by atoms with E-state index < -0.39 is 0 Å². The largest absolute Gasteiger partial charge is 0.121 e. The first-order valence-corrected chi connectivity index (χ1v) is 40.4. The van der Waals surface area contributed by atoms with Gasteiger partial charge in [0.05, 0.1) is 76.3 Å². The van der Waals surface area contributed by atoms with E-state index >= 15 is 0 Å². The summed E-state index contributed by atoms with van der Waals surface area (Å²) in [5.74, 6) is 0. The first-order chi connectivity index (χ1) is 30.3. The summed E-state index contributed by atoms with van der Waals surface area (Å²) in [6, 6.07) is 9.71. The molecular weight excluding hydrogens is 1230 g/mol. The van der Waals surface area contributed by atoms with Crippen molar-refractivity contribution in [2.24, 2.45) is 0 Å². The molecule has 2 aromatic carbocycles. The van der Waals surface area contributed by atoms with Gasteiger partial charge in [-0.05, 0) is 50.0 Å². The van der Waals surface area contributed by atoms with Crippen molar-refractivity contribution in [3.8, 4) is 0 Å². The maximum absolute atomic E-state index is 2.43. The lowest BCUT2D eigenvalue weighted by Crippen LogP contribution is -2.18. The molecule has 2 aromatic rings. The predicted molar refractivity (Wildman–Crippen MR) is 337 cm³/mol. The van der Waals surface area contributed by atoms with Gasteiger partial charge in [0.25, 0.3) is 0 Å². The third-order valence-corrected chi connectivity index (χ3v) is 41.8. The third-order valence-electron chi connectivity index (χ3n) is 8.76. The fourth-order valence-corrected chi connectivity index (χ4v) is 39.2. The normalized spacial score (nSPS) is 21.4. The standard InChI is InChI=1S/C38H28S24/c1-39-25-26(40-2)52-21(51-25)13-9-10-14(22-53-27(41-3)28(42-4)54-22)18-17(13)47-33-34(48-18)60-37(59-33)38-61-35-36(62-38)50-20-16(24-57-31(45-7)32(46-8)58-24)12-11-15(19(20)49-35)23-55-29(43-5)30(44-6)56-23/h9-12H,1-8H3. The maximum Gasteiger partial charge on any atom is 0.0718 e. The minimum Gasteiger partial charge on any atom is -0.121 e. The highest BCUT2D eigenvalue weighted by atomic mass is 32.3. The first-order valence-electron chi connectivity index (χ1n) is 17.5. The highest BCUT2D eigenvalue weighted by Crippen LogP contribution is 2.71. The molecule has 0 aromatic heterocycles. The molecule has 0 bridgehead atoms. The van der Waals surface area contributed by atoms with Gasteiger partial charge in [0.15, 0.2) is 0 Å². The number of thioether (sulfide) groups is 24. The Hall–Kier alpha value is 4.50. The van der Waals surface area contributed by atoms with Gasteiger partial charge in [-0.1, -0.05) is 212 Å². The van der Waals surface area contributed by atoms with Gasteiger partial charge in [-0.3, -0.25) is 0 Å². The molecule has 0 radical (unpaired) electrons. The van der Waals surface area contributed by atoms with Crippen molar-refractivity contribution in [2.45, 2.75) is 19.6 Å². The van der Waals surface area contributed by atoms with Gasteiger partial charge in [0.2, 0.25) is 0 Å². The summed E-state index contributed by atoms with van der Waals surface area (Å²) in [4.78, 5) is 5.72. The van der Waals surface area contributed by atoms with Gasteiger partial charge in [-0.15, -0.1) is 94.1 Å². The topological polar surface area (TPSA) is 0 Å². The van der Waals surface area contributed by atoms with E-state index in [9.17, 15) is 0 Å². The summed E-state index contributed by atoms with van der Waals surface area (Å²) in [6.07, 6.45) is 17.7. The Kier molecular flexibility index (Phi) is 18.0. The minimum absolute atomic E-state index is 1.39. The number of benzene rings is 2. The molecule has 8 heterocycles. The fourth-order valence-electron chi connectivity index (χ4n) is 6.04. The zero-order valence-corrected chi connectivity index (χ0v) is 52.7. The van der Waals surface area contributed by atoms with E-state index in [0.29, 0.717) is 0 Å². The molecule has 10 rings (SSSR count). The van der Waals surface area contributed by atoms with Crippen molar-refractivity contribution in [2.75, 3.05) is 50.0 Å². The number of rotatable bonds is 8. The first kappa shape index (κ1) is 50.1. The Labute approximate surface area is 465 Å². The van der Waals surface area contributed by atoms with Crippen LogP contribution < -0.4 is 20.9 Å². The van der Waals surface area contributed by atoms with E-state index in [1.807, 2.05) is 282 Å². The van der Waals surface area contributed by atoms with Gasteiger partial charge in [0, 0.05) is 40.5 Å². The van der Waals surface area contributed by atoms with Crippen LogP contribution in [0.2, 0.25) is 0 Å². The Morgan fingerprint density at radius 1 is 0.210 bits per heavy atom. The summed E-state index contributed by atoms with van der Waals surface area (Å²) in [7, 11) is 0. The quantitative estimate of drug-likeness (QED) is 0.246. The lowest BCUT2D eigenvalue weighted by atomic mass is 10.3. The zero-order valence-electron chi connectivity index (χ0n) is 33.1. The second kappa shape index (κ2) is 22.3. The Balaban J connectivity index is 0.989. The van der Waals surface area contributed by atoms with E-state index in [0.717, 1.165) is 0 Å². The minimum atomic E-state index is 1.39. The van der Waals surface area contributed by atoms with Crippen LogP contribution in [-0.2, 0) is 0 Å². The van der Waals surface area contributed by atoms with E-state index in [4.69, 9.17) is 0 Å². The summed E-state index contributed by atoms with van der Waals surface area (Å²) in [5, 5.41) is 5.57. The van der Waals surface area contributed by atoms with Crippen LogP contribution in [0.5, 0.6) is 0 Å². The van der Waals surface area contributed by atoms with Crippen molar-refractivity contribution < 1.29 is 0 Å². The highest BCUT2D eigenvalue weighted by molar-refractivity contribution is 8.49. The molecule has 0 saturated carbocycles. The Morgan fingerprint density at radius 3 is 0.532 bits per heavy atom. The Bertz CT molecular complexity index is 2390. The Morgan fingerprint density at radius 2 is 0.371 bits per heavy atom. The number of hydrogen-bond acceptors (Lipinski definition) is 24. The van der Waals surface area contributed by atoms with E-state index in [2.05, 4.69) is 74.3 Å². The molecule has 0 N–H and O–H groups in total.